The molecule has 2 atom stereocenters. The van der Waals surface area contributed by atoms with E-state index in [4.69, 9.17) is 9.47 Å². The molecule has 1 N–H and O–H groups in total. The predicted molar refractivity (Wildman–Crippen MR) is 272 cm³/mol. The number of amides is 1. The second-order valence-electron chi connectivity index (χ2n) is 19.0. The summed E-state index contributed by atoms with van der Waals surface area (Å²) in [6.07, 6.45) is 49.4. The molecular weight excluding hydrogens is 803 g/mol. The number of hydrogen-bond acceptors (Lipinski definition) is 7. The number of Topliss-reactive ketones (excluding diaryl/α,β-unsaturated/α-hetero) is 1. The first-order valence-electron chi connectivity index (χ1n) is 27.6. The minimum Gasteiger partial charge on any atom is -0.462 e. The van der Waals surface area contributed by atoms with Gasteiger partial charge in [0.15, 0.2) is 5.78 Å². The van der Waals surface area contributed by atoms with Crippen LogP contribution in [0, 0.1) is 0 Å². The molecule has 0 fully saturated rings. The number of ether oxygens (including phenoxy) is 2. The van der Waals surface area contributed by atoms with E-state index >= 15 is 0 Å². The number of carbonyl (C=O) groups excluding carboxylic acids is 4. The Hall–Kier alpha value is -1.57. The Morgan fingerprint density at radius 1 is 0.397 bits per heavy atom. The number of unbranched alkanes of at least 4 members (excludes halogenated alkanes) is 36. The average Bonchev–Trinajstić information content (AvgIpc) is 3.27. The van der Waals surface area contributed by atoms with Gasteiger partial charge in [0.25, 0.3) is 0 Å². The molecule has 0 radical (unpaired) electrons. The lowest BCUT2D eigenvalue weighted by atomic mass is 10.0. The maximum absolute atomic E-state index is 12.9. The van der Waals surface area contributed by atoms with Crippen molar-refractivity contribution in [3.05, 3.63) is 0 Å². The summed E-state index contributed by atoms with van der Waals surface area (Å²) >= 11 is 1.46. The zero-order chi connectivity index (χ0) is 46.1. The molecule has 63 heavy (non-hydrogen) atoms. The molecule has 0 heterocycles. The molecular formula is C55H105NO6S. The first-order valence-corrected chi connectivity index (χ1v) is 28.7. The summed E-state index contributed by atoms with van der Waals surface area (Å²) < 4.78 is 11.5. The van der Waals surface area contributed by atoms with Crippen LogP contribution in [-0.2, 0) is 28.7 Å². The summed E-state index contributed by atoms with van der Waals surface area (Å²) in [6, 6.07) is -0.593. The number of ketones is 1. The molecule has 0 unspecified atom stereocenters. The van der Waals surface area contributed by atoms with Crippen LogP contribution in [-0.4, -0.2) is 53.9 Å². The first kappa shape index (κ1) is 61.4. The van der Waals surface area contributed by atoms with Crippen molar-refractivity contribution in [1.82, 2.24) is 5.32 Å². The van der Waals surface area contributed by atoms with Gasteiger partial charge in [0, 0.05) is 30.8 Å². The predicted octanol–water partition coefficient (Wildman–Crippen LogP) is 16.7. The Morgan fingerprint density at radius 2 is 0.698 bits per heavy atom. The van der Waals surface area contributed by atoms with Crippen LogP contribution in [0.1, 0.15) is 297 Å². The third kappa shape index (κ3) is 46.8. The van der Waals surface area contributed by atoms with Crippen molar-refractivity contribution in [3.63, 3.8) is 0 Å². The van der Waals surface area contributed by atoms with Gasteiger partial charge in [-0.1, -0.05) is 252 Å². The van der Waals surface area contributed by atoms with Crippen LogP contribution in [0.4, 0.5) is 0 Å². The van der Waals surface area contributed by atoms with E-state index < -0.39 is 12.1 Å². The van der Waals surface area contributed by atoms with E-state index in [1.807, 2.05) is 0 Å². The van der Waals surface area contributed by atoms with Crippen LogP contribution in [0.15, 0.2) is 0 Å². The molecule has 0 aromatic carbocycles. The lowest BCUT2D eigenvalue weighted by Gasteiger charge is -2.20. The van der Waals surface area contributed by atoms with Gasteiger partial charge >= 0.3 is 11.9 Å². The van der Waals surface area contributed by atoms with Crippen LogP contribution in [0.25, 0.3) is 0 Å². The highest BCUT2D eigenvalue weighted by Crippen LogP contribution is 2.18. The average molecular weight is 909 g/mol. The smallest absolute Gasteiger partial charge is 0.306 e. The first-order chi connectivity index (χ1) is 30.8. The fraction of sp³-hybridized carbons (Fsp3) is 0.927. The minimum absolute atomic E-state index is 0.0186. The largest absolute Gasteiger partial charge is 0.462 e. The van der Waals surface area contributed by atoms with Crippen LogP contribution in [0.5, 0.6) is 0 Å². The summed E-state index contributed by atoms with van der Waals surface area (Å²) in [7, 11) is 0. The van der Waals surface area contributed by atoms with Gasteiger partial charge in [0.1, 0.15) is 12.7 Å². The Labute approximate surface area is 395 Å². The van der Waals surface area contributed by atoms with Crippen LogP contribution < -0.4 is 5.32 Å². The van der Waals surface area contributed by atoms with Crippen molar-refractivity contribution in [1.29, 1.82) is 0 Å². The lowest BCUT2D eigenvalue weighted by Crippen LogP contribution is -2.42. The maximum Gasteiger partial charge on any atom is 0.306 e. The number of carbonyl (C=O) groups is 4. The maximum atomic E-state index is 12.9. The summed E-state index contributed by atoms with van der Waals surface area (Å²) in [6.45, 7) is 8.33. The van der Waals surface area contributed by atoms with Crippen molar-refractivity contribution < 1.29 is 28.7 Å². The third-order valence-electron chi connectivity index (χ3n) is 12.6. The van der Waals surface area contributed by atoms with E-state index in [-0.39, 0.29) is 30.2 Å². The number of hydrogen-bond donors (Lipinski definition) is 1. The molecule has 0 aliphatic rings. The van der Waals surface area contributed by atoms with Crippen LogP contribution in [0.2, 0.25) is 0 Å². The number of rotatable bonds is 51. The topological polar surface area (TPSA) is 98.8 Å². The second kappa shape index (κ2) is 49.9. The third-order valence-corrected chi connectivity index (χ3v) is 13.8. The highest BCUT2D eigenvalue weighted by atomic mass is 32.2. The highest BCUT2D eigenvalue weighted by Gasteiger charge is 2.21. The van der Waals surface area contributed by atoms with Gasteiger partial charge in [0.05, 0.1) is 6.04 Å². The van der Waals surface area contributed by atoms with Gasteiger partial charge in [-0.05, 0) is 26.2 Å². The zero-order valence-electron chi connectivity index (χ0n) is 42.3. The van der Waals surface area contributed by atoms with Gasteiger partial charge in [0.2, 0.25) is 5.91 Å². The molecule has 372 valence electrons. The number of nitrogens with one attached hydrogen (secondary N) is 1. The Bertz CT molecular complexity index is 1020. The van der Waals surface area contributed by atoms with Crippen molar-refractivity contribution in [2.24, 2.45) is 0 Å². The summed E-state index contributed by atoms with van der Waals surface area (Å²) in [5.74, 6) is 0.116. The molecule has 0 rings (SSSR count). The van der Waals surface area contributed by atoms with Crippen LogP contribution in [0.3, 0.4) is 0 Å². The quantitative estimate of drug-likeness (QED) is 0.0479. The molecule has 0 aliphatic heterocycles. The van der Waals surface area contributed by atoms with E-state index in [1.165, 1.54) is 211 Å². The number of thioether (sulfide) groups is 1. The van der Waals surface area contributed by atoms with Crippen LogP contribution >= 0.6 is 11.8 Å². The van der Waals surface area contributed by atoms with E-state index in [2.05, 4.69) is 26.1 Å². The monoisotopic (exact) mass is 908 g/mol. The van der Waals surface area contributed by atoms with Gasteiger partial charge in [-0.25, -0.2) is 0 Å². The van der Waals surface area contributed by atoms with Gasteiger partial charge in [-0.3, -0.25) is 19.2 Å². The van der Waals surface area contributed by atoms with E-state index in [0.717, 1.165) is 57.8 Å². The second-order valence-corrected chi connectivity index (χ2v) is 20.1. The van der Waals surface area contributed by atoms with Crippen molar-refractivity contribution in [2.75, 3.05) is 18.1 Å². The van der Waals surface area contributed by atoms with Crippen molar-refractivity contribution >= 4 is 35.4 Å². The Morgan fingerprint density at radius 3 is 1.03 bits per heavy atom. The normalized spacial score (nSPS) is 12.3. The molecule has 1 amide bonds. The molecule has 0 aliphatic carbocycles. The molecule has 0 saturated carbocycles. The van der Waals surface area contributed by atoms with E-state index in [9.17, 15) is 19.2 Å². The highest BCUT2D eigenvalue weighted by molar-refractivity contribution is 7.99. The minimum atomic E-state index is -0.593. The van der Waals surface area contributed by atoms with Gasteiger partial charge in [-0.2, -0.15) is 11.8 Å². The summed E-state index contributed by atoms with van der Waals surface area (Å²) in [5, 5.41) is 2.95. The molecule has 0 aromatic rings. The lowest BCUT2D eigenvalue weighted by molar-refractivity contribution is -0.157. The molecule has 0 aromatic heterocycles. The van der Waals surface area contributed by atoms with E-state index in [1.54, 1.807) is 0 Å². The Kier molecular flexibility index (Phi) is 48.6. The Balaban J connectivity index is 4.59. The molecule has 0 spiro atoms. The molecule has 8 heteroatoms. The summed E-state index contributed by atoms with van der Waals surface area (Å²) in [5.41, 5.74) is 0. The standard InChI is InChI=1S/C55H105NO6S/c1-5-8-11-14-17-20-23-26-29-32-35-38-41-44-53(58)56-52(50(4)57)49-63-48-51(62-55(60)46-43-40-37-34-31-28-25-22-19-16-13-10-7-3)47-61-54(59)45-42-39-36-33-30-27-24-21-18-15-12-9-6-2/h51-52H,5-49H2,1-4H3,(H,56,58)/t51-,52-/m0/s1. The fourth-order valence-corrected chi connectivity index (χ4v) is 9.46. The fourth-order valence-electron chi connectivity index (χ4n) is 8.34. The van der Waals surface area contributed by atoms with Crippen molar-refractivity contribution in [3.8, 4) is 0 Å². The van der Waals surface area contributed by atoms with Crippen molar-refractivity contribution in [2.45, 2.75) is 310 Å². The SMILES string of the molecule is CCCCCCCCCCCCCCCC(=O)N[C@@H](CSC[C@H](COC(=O)CCCCCCCCCCCCCCC)OC(=O)CCCCCCCCCCCCCCC)C(C)=O. The molecule has 0 bridgehead atoms. The molecule has 7 nitrogen and oxygen atoms in total. The van der Waals surface area contributed by atoms with Gasteiger partial charge < -0.3 is 14.8 Å². The zero-order valence-corrected chi connectivity index (χ0v) is 43.1. The molecule has 0 saturated heterocycles. The number of esters is 2. The van der Waals surface area contributed by atoms with Gasteiger partial charge in [-0.15, -0.1) is 0 Å². The van der Waals surface area contributed by atoms with E-state index in [0.29, 0.717) is 30.8 Å². The summed E-state index contributed by atoms with van der Waals surface area (Å²) in [4.78, 5) is 51.0.